The number of carbonyl (C=O) groups excluding carboxylic acids is 2. The van der Waals surface area contributed by atoms with E-state index in [0.29, 0.717) is 30.9 Å². The van der Waals surface area contributed by atoms with Crippen LogP contribution < -0.4 is 15.4 Å². The molecule has 4 rings (SSSR count). The molecule has 0 spiro atoms. The molecule has 0 fully saturated rings. The molecule has 2 N–H and O–H groups in total. The zero-order valence-corrected chi connectivity index (χ0v) is 17.4. The zero-order chi connectivity index (χ0) is 21.6. The lowest BCUT2D eigenvalue weighted by atomic mass is 10.1. The van der Waals surface area contributed by atoms with Crippen LogP contribution in [-0.4, -0.2) is 36.4 Å². The molecule has 2 amide bonds. The Bertz CT molecular complexity index is 1100. The molecule has 31 heavy (non-hydrogen) atoms. The molecule has 0 saturated heterocycles. The number of aryl methyl sites for hydroxylation is 1. The van der Waals surface area contributed by atoms with Crippen LogP contribution in [0.3, 0.4) is 0 Å². The van der Waals surface area contributed by atoms with Crippen molar-refractivity contribution in [3.05, 3.63) is 89.5 Å². The van der Waals surface area contributed by atoms with Crippen LogP contribution in [0.2, 0.25) is 0 Å². The van der Waals surface area contributed by atoms with Gasteiger partial charge in [0.15, 0.2) is 0 Å². The first-order valence-corrected chi connectivity index (χ1v) is 10.3. The monoisotopic (exact) mass is 415 g/mol. The number of nitrogens with zero attached hydrogens (tertiary/aromatic N) is 1. The summed E-state index contributed by atoms with van der Waals surface area (Å²) in [6, 6.07) is 22.5. The quantitative estimate of drug-likeness (QED) is 0.659. The Morgan fingerprint density at radius 2 is 1.77 bits per heavy atom. The van der Waals surface area contributed by atoms with Gasteiger partial charge >= 0.3 is 0 Å². The second-order valence-corrected chi connectivity index (χ2v) is 7.58. The molecule has 1 heterocycles. The van der Waals surface area contributed by atoms with Gasteiger partial charge in [-0.05, 0) is 42.8 Å². The molecule has 3 aromatic carbocycles. The normalized spacial score (nSPS) is 13.5. The van der Waals surface area contributed by atoms with Gasteiger partial charge in [0.05, 0.1) is 17.8 Å². The van der Waals surface area contributed by atoms with Crippen molar-refractivity contribution in [3.8, 4) is 5.75 Å². The first kappa shape index (κ1) is 20.6. The van der Waals surface area contributed by atoms with E-state index < -0.39 is 0 Å². The third-order valence-electron chi connectivity index (χ3n) is 5.12. The molecule has 0 saturated carbocycles. The topological polar surface area (TPSA) is 70.7 Å². The molecule has 0 atom stereocenters. The molecule has 0 aliphatic carbocycles. The zero-order valence-electron chi connectivity index (χ0n) is 17.4. The lowest BCUT2D eigenvalue weighted by molar-refractivity contribution is -0.117. The van der Waals surface area contributed by atoms with Gasteiger partial charge in [-0.3, -0.25) is 14.5 Å². The molecule has 1 aliphatic rings. The molecule has 1 aliphatic heterocycles. The van der Waals surface area contributed by atoms with Gasteiger partial charge in [0.25, 0.3) is 5.91 Å². The van der Waals surface area contributed by atoms with Crippen molar-refractivity contribution in [3.63, 3.8) is 0 Å². The maximum atomic E-state index is 12.8. The van der Waals surface area contributed by atoms with E-state index in [0.717, 1.165) is 22.6 Å². The fourth-order valence-corrected chi connectivity index (χ4v) is 3.62. The summed E-state index contributed by atoms with van der Waals surface area (Å²) in [5.41, 5.74) is 3.74. The van der Waals surface area contributed by atoms with Gasteiger partial charge in [-0.15, -0.1) is 0 Å². The SMILES string of the molecule is Cc1cccc(NC(=O)c2ccccc2NC(=O)CN2CCOc3ccccc3C2)c1. The Morgan fingerprint density at radius 1 is 0.968 bits per heavy atom. The Morgan fingerprint density at radius 3 is 2.65 bits per heavy atom. The number of amides is 2. The van der Waals surface area contributed by atoms with Gasteiger partial charge in [-0.25, -0.2) is 0 Å². The molecule has 0 bridgehead atoms. The lowest BCUT2D eigenvalue weighted by Crippen LogP contribution is -2.34. The van der Waals surface area contributed by atoms with Crippen molar-refractivity contribution in [1.29, 1.82) is 0 Å². The summed E-state index contributed by atoms with van der Waals surface area (Å²) in [6.45, 7) is 4.00. The van der Waals surface area contributed by atoms with E-state index in [1.165, 1.54) is 0 Å². The van der Waals surface area contributed by atoms with E-state index in [1.54, 1.807) is 24.3 Å². The van der Waals surface area contributed by atoms with E-state index in [4.69, 9.17) is 4.74 Å². The van der Waals surface area contributed by atoms with Crippen molar-refractivity contribution < 1.29 is 14.3 Å². The second kappa shape index (κ2) is 9.45. The lowest BCUT2D eigenvalue weighted by Gasteiger charge is -2.19. The largest absolute Gasteiger partial charge is 0.492 e. The Kier molecular flexibility index (Phi) is 6.29. The van der Waals surface area contributed by atoms with Crippen LogP contribution in [0.1, 0.15) is 21.5 Å². The third kappa shape index (κ3) is 5.29. The molecular weight excluding hydrogens is 390 g/mol. The standard InChI is InChI=1S/C25H25N3O3/c1-18-7-6-9-20(15-18)26-25(30)21-10-3-4-11-22(21)27-24(29)17-28-13-14-31-23-12-5-2-8-19(23)16-28/h2-12,15H,13-14,16-17H2,1H3,(H,26,30)(H,27,29). The number of anilines is 2. The van der Waals surface area contributed by atoms with Gasteiger partial charge in [-0.1, -0.05) is 42.5 Å². The summed E-state index contributed by atoms with van der Waals surface area (Å²) in [5, 5.41) is 5.79. The summed E-state index contributed by atoms with van der Waals surface area (Å²) >= 11 is 0. The van der Waals surface area contributed by atoms with Crippen molar-refractivity contribution >= 4 is 23.2 Å². The second-order valence-electron chi connectivity index (χ2n) is 7.58. The van der Waals surface area contributed by atoms with Gasteiger partial charge < -0.3 is 15.4 Å². The average Bonchev–Trinajstić information content (AvgIpc) is 2.95. The number of rotatable bonds is 5. The molecule has 6 heteroatoms. The predicted molar refractivity (Wildman–Crippen MR) is 121 cm³/mol. The predicted octanol–water partition coefficient (Wildman–Crippen LogP) is 4.08. The third-order valence-corrected chi connectivity index (χ3v) is 5.12. The van der Waals surface area contributed by atoms with Crippen LogP contribution >= 0.6 is 0 Å². The van der Waals surface area contributed by atoms with E-state index >= 15 is 0 Å². The molecule has 0 unspecified atom stereocenters. The minimum absolute atomic E-state index is 0.171. The number of para-hydroxylation sites is 2. The van der Waals surface area contributed by atoms with Gasteiger partial charge in [-0.2, -0.15) is 0 Å². The average molecular weight is 415 g/mol. The maximum absolute atomic E-state index is 12.8. The van der Waals surface area contributed by atoms with Gasteiger partial charge in [0.2, 0.25) is 5.91 Å². The van der Waals surface area contributed by atoms with Crippen LogP contribution in [0, 0.1) is 6.92 Å². The van der Waals surface area contributed by atoms with Crippen molar-refractivity contribution in [1.82, 2.24) is 4.90 Å². The minimum Gasteiger partial charge on any atom is -0.492 e. The molecule has 6 nitrogen and oxygen atoms in total. The van der Waals surface area contributed by atoms with E-state index in [2.05, 4.69) is 10.6 Å². The maximum Gasteiger partial charge on any atom is 0.257 e. The van der Waals surface area contributed by atoms with Crippen molar-refractivity contribution in [2.45, 2.75) is 13.5 Å². The highest BCUT2D eigenvalue weighted by atomic mass is 16.5. The van der Waals surface area contributed by atoms with Gasteiger partial charge in [0.1, 0.15) is 12.4 Å². The highest BCUT2D eigenvalue weighted by molar-refractivity contribution is 6.10. The van der Waals surface area contributed by atoms with Crippen LogP contribution in [0.25, 0.3) is 0 Å². The Hall–Kier alpha value is -3.64. The number of nitrogens with one attached hydrogen (secondary N) is 2. The summed E-state index contributed by atoms with van der Waals surface area (Å²) in [5.74, 6) is 0.428. The molecular formula is C25H25N3O3. The summed E-state index contributed by atoms with van der Waals surface area (Å²) in [7, 11) is 0. The summed E-state index contributed by atoms with van der Waals surface area (Å²) in [6.07, 6.45) is 0. The fourth-order valence-electron chi connectivity index (χ4n) is 3.62. The first-order valence-electron chi connectivity index (χ1n) is 10.3. The first-order chi connectivity index (χ1) is 15.1. The fraction of sp³-hybridized carbons (Fsp3) is 0.200. The highest BCUT2D eigenvalue weighted by Crippen LogP contribution is 2.23. The van der Waals surface area contributed by atoms with Crippen LogP contribution in [0.4, 0.5) is 11.4 Å². The van der Waals surface area contributed by atoms with E-state index in [9.17, 15) is 9.59 Å². The van der Waals surface area contributed by atoms with Crippen LogP contribution in [0.5, 0.6) is 5.75 Å². The number of ether oxygens (including phenoxy) is 1. The smallest absolute Gasteiger partial charge is 0.257 e. The summed E-state index contributed by atoms with van der Waals surface area (Å²) < 4.78 is 5.77. The van der Waals surface area contributed by atoms with Crippen LogP contribution in [0.15, 0.2) is 72.8 Å². The number of benzene rings is 3. The number of hydrogen-bond acceptors (Lipinski definition) is 4. The highest BCUT2D eigenvalue weighted by Gasteiger charge is 2.19. The van der Waals surface area contributed by atoms with E-state index in [1.807, 2.05) is 60.4 Å². The Labute approximate surface area is 181 Å². The van der Waals surface area contributed by atoms with Crippen molar-refractivity contribution in [2.24, 2.45) is 0 Å². The van der Waals surface area contributed by atoms with Crippen LogP contribution in [-0.2, 0) is 11.3 Å². The minimum atomic E-state index is -0.265. The molecule has 158 valence electrons. The molecule has 0 radical (unpaired) electrons. The number of hydrogen-bond donors (Lipinski definition) is 2. The van der Waals surface area contributed by atoms with E-state index in [-0.39, 0.29) is 18.4 Å². The molecule has 3 aromatic rings. The Balaban J connectivity index is 1.42. The van der Waals surface area contributed by atoms with Crippen molar-refractivity contribution in [2.75, 3.05) is 30.3 Å². The number of fused-ring (bicyclic) bond motifs is 1. The molecule has 0 aromatic heterocycles. The summed E-state index contributed by atoms with van der Waals surface area (Å²) in [4.78, 5) is 27.6. The number of carbonyl (C=O) groups is 2. The van der Waals surface area contributed by atoms with Gasteiger partial charge in [0, 0.05) is 24.3 Å².